The van der Waals surface area contributed by atoms with Gasteiger partial charge >= 0.3 is 0 Å². The van der Waals surface area contributed by atoms with E-state index < -0.39 is 0 Å². The Morgan fingerprint density at radius 3 is 2.39 bits per heavy atom. The molecule has 1 aliphatic carbocycles. The molecule has 1 aromatic rings. The molecular formula is C16H26N2. The van der Waals surface area contributed by atoms with Gasteiger partial charge in [-0.1, -0.05) is 31.9 Å². The summed E-state index contributed by atoms with van der Waals surface area (Å²) in [6, 6.07) is 9.57. The Balaban J connectivity index is 1.93. The van der Waals surface area contributed by atoms with E-state index in [1.807, 2.05) is 0 Å². The molecule has 0 spiro atoms. The van der Waals surface area contributed by atoms with Gasteiger partial charge in [-0.3, -0.25) is 0 Å². The average Bonchev–Trinajstić information content (AvgIpc) is 2.34. The maximum Gasteiger partial charge on any atom is 0.0342 e. The second-order valence-corrected chi connectivity index (χ2v) is 5.95. The van der Waals surface area contributed by atoms with Crippen LogP contribution in [0.1, 0.15) is 38.2 Å². The van der Waals surface area contributed by atoms with Crippen molar-refractivity contribution in [2.75, 3.05) is 19.4 Å². The number of hydrogen-bond acceptors (Lipinski definition) is 2. The van der Waals surface area contributed by atoms with Crippen molar-refractivity contribution in [1.82, 2.24) is 4.90 Å². The highest BCUT2D eigenvalue weighted by molar-refractivity contribution is 5.45. The Bertz CT molecular complexity index is 356. The van der Waals surface area contributed by atoms with Gasteiger partial charge in [-0.05, 0) is 50.6 Å². The van der Waals surface area contributed by atoms with Crippen LogP contribution in [0.5, 0.6) is 0 Å². The van der Waals surface area contributed by atoms with Gasteiger partial charge in [0.1, 0.15) is 0 Å². The molecule has 0 amide bonds. The van der Waals surface area contributed by atoms with Crippen molar-refractivity contribution < 1.29 is 0 Å². The monoisotopic (exact) mass is 246 g/mol. The molecule has 0 heterocycles. The second kappa shape index (κ2) is 6.24. The second-order valence-electron chi connectivity index (χ2n) is 5.95. The third-order valence-corrected chi connectivity index (χ3v) is 3.92. The first-order chi connectivity index (χ1) is 8.65. The number of nitrogens with one attached hydrogen (secondary N) is 1. The molecule has 2 nitrogen and oxygen atoms in total. The molecule has 0 aliphatic heterocycles. The van der Waals surface area contributed by atoms with Gasteiger partial charge in [0.05, 0.1) is 0 Å². The van der Waals surface area contributed by atoms with Crippen molar-refractivity contribution in [2.45, 2.75) is 45.2 Å². The van der Waals surface area contributed by atoms with Gasteiger partial charge in [0.15, 0.2) is 0 Å². The third-order valence-electron chi connectivity index (χ3n) is 3.92. The van der Waals surface area contributed by atoms with Crippen molar-refractivity contribution in [2.24, 2.45) is 5.92 Å². The number of anilines is 1. The Morgan fingerprint density at radius 2 is 1.78 bits per heavy atom. The molecule has 0 radical (unpaired) electrons. The fourth-order valence-electron chi connectivity index (χ4n) is 2.82. The number of hydrogen-bond donors (Lipinski definition) is 1. The van der Waals surface area contributed by atoms with Gasteiger partial charge in [-0.15, -0.1) is 0 Å². The highest BCUT2D eigenvalue weighted by atomic mass is 15.0. The predicted octanol–water partition coefficient (Wildman–Crippen LogP) is 3.74. The van der Waals surface area contributed by atoms with Crippen LogP contribution in [-0.2, 0) is 6.54 Å². The van der Waals surface area contributed by atoms with Gasteiger partial charge in [-0.2, -0.15) is 0 Å². The van der Waals surface area contributed by atoms with Gasteiger partial charge in [-0.25, -0.2) is 0 Å². The van der Waals surface area contributed by atoms with Gasteiger partial charge in [0.25, 0.3) is 0 Å². The minimum Gasteiger partial charge on any atom is -0.382 e. The Kier molecular flexibility index (Phi) is 4.65. The molecule has 100 valence electrons. The lowest BCUT2D eigenvalue weighted by atomic mass is 9.86. The van der Waals surface area contributed by atoms with E-state index in [4.69, 9.17) is 0 Å². The molecule has 1 saturated carbocycles. The van der Waals surface area contributed by atoms with E-state index >= 15 is 0 Å². The lowest BCUT2D eigenvalue weighted by molar-refractivity contribution is 0.349. The summed E-state index contributed by atoms with van der Waals surface area (Å²) in [7, 11) is 4.21. The maximum atomic E-state index is 3.70. The van der Waals surface area contributed by atoms with Crippen LogP contribution in [0.15, 0.2) is 24.3 Å². The summed E-state index contributed by atoms with van der Waals surface area (Å²) in [4.78, 5) is 2.20. The van der Waals surface area contributed by atoms with Gasteiger partial charge in [0.2, 0.25) is 0 Å². The zero-order chi connectivity index (χ0) is 13.0. The highest BCUT2D eigenvalue weighted by Crippen LogP contribution is 2.26. The van der Waals surface area contributed by atoms with Crippen molar-refractivity contribution in [3.8, 4) is 0 Å². The minimum atomic E-state index is 0.665. The average molecular weight is 246 g/mol. The van der Waals surface area contributed by atoms with Crippen molar-refractivity contribution in [1.29, 1.82) is 0 Å². The van der Waals surface area contributed by atoms with Crippen LogP contribution in [0, 0.1) is 5.92 Å². The highest BCUT2D eigenvalue weighted by Gasteiger charge is 2.20. The molecule has 2 unspecified atom stereocenters. The lowest BCUT2D eigenvalue weighted by Crippen LogP contribution is -2.30. The molecule has 0 bridgehead atoms. The summed E-state index contributed by atoms with van der Waals surface area (Å²) in [6.45, 7) is 3.39. The summed E-state index contributed by atoms with van der Waals surface area (Å²) >= 11 is 0. The van der Waals surface area contributed by atoms with Gasteiger partial charge < -0.3 is 10.2 Å². The fraction of sp³-hybridized carbons (Fsp3) is 0.625. The molecule has 0 saturated heterocycles. The van der Waals surface area contributed by atoms with Crippen LogP contribution < -0.4 is 5.32 Å². The van der Waals surface area contributed by atoms with Crippen molar-refractivity contribution >= 4 is 5.69 Å². The summed E-state index contributed by atoms with van der Waals surface area (Å²) in [5.41, 5.74) is 2.65. The normalized spacial score (nSPS) is 24.2. The first-order valence-electron chi connectivity index (χ1n) is 7.15. The van der Waals surface area contributed by atoms with Crippen molar-refractivity contribution in [3.05, 3.63) is 29.8 Å². The van der Waals surface area contributed by atoms with Crippen LogP contribution in [-0.4, -0.2) is 25.0 Å². The largest absolute Gasteiger partial charge is 0.382 e. The van der Waals surface area contributed by atoms with E-state index in [0.29, 0.717) is 6.04 Å². The molecule has 0 aromatic heterocycles. The van der Waals surface area contributed by atoms with Crippen LogP contribution in [0.4, 0.5) is 5.69 Å². The summed E-state index contributed by atoms with van der Waals surface area (Å²) in [5, 5.41) is 3.70. The topological polar surface area (TPSA) is 15.3 Å². The van der Waals surface area contributed by atoms with E-state index in [0.717, 1.165) is 12.5 Å². The molecule has 1 fully saturated rings. The Morgan fingerprint density at radius 1 is 1.11 bits per heavy atom. The van der Waals surface area contributed by atoms with Crippen LogP contribution in [0.2, 0.25) is 0 Å². The summed E-state index contributed by atoms with van der Waals surface area (Å²) in [6.07, 6.45) is 5.47. The number of rotatable bonds is 4. The SMILES string of the molecule is CC1CCCCC1Nc1ccc(CN(C)C)cc1. The summed E-state index contributed by atoms with van der Waals surface area (Å²) in [5.74, 6) is 0.806. The van der Waals surface area contributed by atoms with Crippen molar-refractivity contribution in [3.63, 3.8) is 0 Å². The smallest absolute Gasteiger partial charge is 0.0342 e. The van der Waals surface area contributed by atoms with E-state index in [2.05, 4.69) is 55.5 Å². The van der Waals surface area contributed by atoms with Crippen LogP contribution in [0.25, 0.3) is 0 Å². The first-order valence-corrected chi connectivity index (χ1v) is 7.15. The van der Waals surface area contributed by atoms with E-state index in [1.165, 1.54) is 36.9 Å². The molecular weight excluding hydrogens is 220 g/mol. The molecule has 1 aromatic carbocycles. The van der Waals surface area contributed by atoms with E-state index in [1.54, 1.807) is 0 Å². The first kappa shape index (κ1) is 13.4. The van der Waals surface area contributed by atoms with Gasteiger partial charge in [0, 0.05) is 18.3 Å². The van der Waals surface area contributed by atoms with Crippen LogP contribution in [0.3, 0.4) is 0 Å². The minimum absolute atomic E-state index is 0.665. The molecule has 2 atom stereocenters. The predicted molar refractivity (Wildman–Crippen MR) is 78.9 cm³/mol. The fourth-order valence-corrected chi connectivity index (χ4v) is 2.82. The Labute approximate surface area is 111 Å². The zero-order valence-electron chi connectivity index (χ0n) is 11.9. The molecule has 1 N–H and O–H groups in total. The number of nitrogens with zero attached hydrogens (tertiary/aromatic N) is 1. The molecule has 2 heteroatoms. The Hall–Kier alpha value is -1.02. The molecule has 18 heavy (non-hydrogen) atoms. The maximum absolute atomic E-state index is 3.70. The molecule has 1 aliphatic rings. The number of benzene rings is 1. The summed E-state index contributed by atoms with van der Waals surface area (Å²) < 4.78 is 0. The quantitative estimate of drug-likeness (QED) is 0.870. The van der Waals surface area contributed by atoms with E-state index in [9.17, 15) is 0 Å². The van der Waals surface area contributed by atoms with E-state index in [-0.39, 0.29) is 0 Å². The standard InChI is InChI=1S/C16H26N2/c1-13-6-4-5-7-16(13)17-15-10-8-14(9-11-15)12-18(2)3/h8-11,13,16-17H,4-7,12H2,1-3H3. The third kappa shape index (κ3) is 3.74. The lowest BCUT2D eigenvalue weighted by Gasteiger charge is -2.30. The molecule has 2 rings (SSSR count). The zero-order valence-corrected chi connectivity index (χ0v) is 11.9. The van der Waals surface area contributed by atoms with Crippen LogP contribution >= 0.6 is 0 Å².